The topological polar surface area (TPSA) is 27.0 Å². The van der Waals surface area contributed by atoms with Gasteiger partial charge in [0.05, 0.1) is 12.1 Å². The first-order valence-electron chi connectivity index (χ1n) is 4.95. The van der Waals surface area contributed by atoms with E-state index in [4.69, 9.17) is 5.26 Å². The van der Waals surface area contributed by atoms with Crippen molar-refractivity contribution in [3.05, 3.63) is 0 Å². The molecule has 1 saturated heterocycles. The summed E-state index contributed by atoms with van der Waals surface area (Å²) < 4.78 is 0. The standard InChI is InChI=1S/C10H18N2/c1-3-5-9(2)12-7-4-6-10(12)8-11/h9-10H,3-7H2,1-2H3. The van der Waals surface area contributed by atoms with Gasteiger partial charge in [-0.15, -0.1) is 0 Å². The third-order valence-corrected chi connectivity index (χ3v) is 2.72. The van der Waals surface area contributed by atoms with Crippen molar-refractivity contribution in [3.8, 4) is 6.07 Å². The van der Waals surface area contributed by atoms with Crippen molar-refractivity contribution in [3.63, 3.8) is 0 Å². The van der Waals surface area contributed by atoms with Crippen LogP contribution in [0.1, 0.15) is 39.5 Å². The second-order valence-corrected chi connectivity index (χ2v) is 3.66. The Kier molecular flexibility index (Phi) is 3.55. The average Bonchev–Trinajstić information content (AvgIpc) is 2.51. The second-order valence-electron chi connectivity index (χ2n) is 3.66. The number of nitrogens with zero attached hydrogens (tertiary/aromatic N) is 2. The third-order valence-electron chi connectivity index (χ3n) is 2.72. The van der Waals surface area contributed by atoms with Crippen LogP contribution in [0.15, 0.2) is 0 Å². The molecule has 68 valence electrons. The van der Waals surface area contributed by atoms with Gasteiger partial charge in [0, 0.05) is 6.04 Å². The largest absolute Gasteiger partial charge is 0.285 e. The lowest BCUT2D eigenvalue weighted by atomic mass is 10.1. The molecule has 2 atom stereocenters. The number of nitriles is 1. The van der Waals surface area contributed by atoms with Crippen molar-refractivity contribution in [1.82, 2.24) is 4.90 Å². The minimum atomic E-state index is 0.201. The molecule has 0 aromatic carbocycles. The van der Waals surface area contributed by atoms with E-state index in [2.05, 4.69) is 24.8 Å². The molecule has 1 heterocycles. The Morgan fingerprint density at radius 3 is 3.00 bits per heavy atom. The molecule has 0 N–H and O–H groups in total. The average molecular weight is 166 g/mol. The maximum atomic E-state index is 8.86. The van der Waals surface area contributed by atoms with Gasteiger partial charge in [-0.2, -0.15) is 5.26 Å². The minimum absolute atomic E-state index is 0.201. The fourth-order valence-electron chi connectivity index (χ4n) is 2.04. The monoisotopic (exact) mass is 166 g/mol. The lowest BCUT2D eigenvalue weighted by Crippen LogP contribution is -2.36. The van der Waals surface area contributed by atoms with E-state index in [9.17, 15) is 0 Å². The smallest absolute Gasteiger partial charge is 0.0980 e. The molecule has 0 aromatic heterocycles. The maximum Gasteiger partial charge on any atom is 0.0980 e. The van der Waals surface area contributed by atoms with Crippen LogP contribution in [0.2, 0.25) is 0 Å². The minimum Gasteiger partial charge on any atom is -0.285 e. The quantitative estimate of drug-likeness (QED) is 0.642. The molecule has 0 aliphatic carbocycles. The van der Waals surface area contributed by atoms with Crippen LogP contribution >= 0.6 is 0 Å². The summed E-state index contributed by atoms with van der Waals surface area (Å²) in [4.78, 5) is 2.35. The summed E-state index contributed by atoms with van der Waals surface area (Å²) >= 11 is 0. The van der Waals surface area contributed by atoms with Gasteiger partial charge in [-0.3, -0.25) is 4.90 Å². The first kappa shape index (κ1) is 9.54. The molecule has 2 unspecified atom stereocenters. The summed E-state index contributed by atoms with van der Waals surface area (Å²) in [7, 11) is 0. The molecule has 0 bridgehead atoms. The molecule has 2 nitrogen and oxygen atoms in total. The zero-order valence-corrected chi connectivity index (χ0v) is 8.08. The number of likely N-dealkylation sites (tertiary alicyclic amines) is 1. The van der Waals surface area contributed by atoms with E-state index < -0.39 is 0 Å². The Hall–Kier alpha value is -0.550. The van der Waals surface area contributed by atoms with Crippen LogP contribution in [0.3, 0.4) is 0 Å². The fourth-order valence-corrected chi connectivity index (χ4v) is 2.04. The molecule has 0 radical (unpaired) electrons. The van der Waals surface area contributed by atoms with Crippen LogP contribution < -0.4 is 0 Å². The van der Waals surface area contributed by atoms with Crippen molar-refractivity contribution in [2.24, 2.45) is 0 Å². The highest BCUT2D eigenvalue weighted by atomic mass is 15.2. The lowest BCUT2D eigenvalue weighted by molar-refractivity contribution is 0.212. The van der Waals surface area contributed by atoms with E-state index in [1.54, 1.807) is 0 Å². The summed E-state index contributed by atoms with van der Waals surface area (Å²) in [6, 6.07) is 3.18. The van der Waals surface area contributed by atoms with Crippen LogP contribution in [-0.4, -0.2) is 23.5 Å². The number of rotatable bonds is 3. The van der Waals surface area contributed by atoms with Gasteiger partial charge in [-0.05, 0) is 32.7 Å². The molecule has 1 fully saturated rings. The lowest BCUT2D eigenvalue weighted by Gasteiger charge is -2.26. The highest BCUT2D eigenvalue weighted by Crippen LogP contribution is 2.21. The van der Waals surface area contributed by atoms with Crippen LogP contribution in [0.25, 0.3) is 0 Å². The molecule has 0 aromatic rings. The van der Waals surface area contributed by atoms with E-state index in [1.165, 1.54) is 19.3 Å². The van der Waals surface area contributed by atoms with Crippen molar-refractivity contribution in [2.75, 3.05) is 6.54 Å². The zero-order chi connectivity index (χ0) is 8.97. The van der Waals surface area contributed by atoms with E-state index in [1.807, 2.05) is 0 Å². The SMILES string of the molecule is CCCC(C)N1CCCC1C#N. The highest BCUT2D eigenvalue weighted by molar-refractivity contribution is 4.97. The fraction of sp³-hybridized carbons (Fsp3) is 0.900. The molecule has 0 spiro atoms. The zero-order valence-electron chi connectivity index (χ0n) is 8.08. The maximum absolute atomic E-state index is 8.86. The van der Waals surface area contributed by atoms with Crippen molar-refractivity contribution in [2.45, 2.75) is 51.6 Å². The summed E-state index contributed by atoms with van der Waals surface area (Å²) in [5, 5.41) is 8.86. The predicted molar refractivity (Wildman–Crippen MR) is 49.7 cm³/mol. The second kappa shape index (κ2) is 4.47. The van der Waals surface area contributed by atoms with Gasteiger partial charge in [0.2, 0.25) is 0 Å². The van der Waals surface area contributed by atoms with Crippen molar-refractivity contribution < 1.29 is 0 Å². The van der Waals surface area contributed by atoms with E-state index in [-0.39, 0.29) is 6.04 Å². The Balaban J connectivity index is 2.44. The van der Waals surface area contributed by atoms with Crippen molar-refractivity contribution >= 4 is 0 Å². The van der Waals surface area contributed by atoms with E-state index in [0.717, 1.165) is 13.0 Å². The van der Waals surface area contributed by atoms with E-state index in [0.29, 0.717) is 6.04 Å². The molecule has 12 heavy (non-hydrogen) atoms. The number of hydrogen-bond acceptors (Lipinski definition) is 2. The molecule has 2 heteroatoms. The Labute approximate surface area is 75.2 Å². The summed E-state index contributed by atoms with van der Waals surface area (Å²) in [6.07, 6.45) is 4.71. The molecule has 1 aliphatic rings. The van der Waals surface area contributed by atoms with Gasteiger partial charge in [-0.25, -0.2) is 0 Å². The summed E-state index contributed by atoms with van der Waals surface area (Å²) in [5.41, 5.74) is 0. The summed E-state index contributed by atoms with van der Waals surface area (Å²) in [5.74, 6) is 0. The third kappa shape index (κ3) is 1.98. The molecule has 1 aliphatic heterocycles. The van der Waals surface area contributed by atoms with E-state index >= 15 is 0 Å². The molecule has 0 saturated carbocycles. The Morgan fingerprint density at radius 1 is 1.67 bits per heavy atom. The Bertz CT molecular complexity index is 171. The molecular formula is C10H18N2. The molecule has 1 rings (SSSR count). The van der Waals surface area contributed by atoms with Crippen LogP contribution in [0.4, 0.5) is 0 Å². The van der Waals surface area contributed by atoms with Crippen LogP contribution in [0.5, 0.6) is 0 Å². The van der Waals surface area contributed by atoms with Gasteiger partial charge in [0.25, 0.3) is 0 Å². The summed E-state index contributed by atoms with van der Waals surface area (Å²) in [6.45, 7) is 5.56. The molecular weight excluding hydrogens is 148 g/mol. The first-order valence-corrected chi connectivity index (χ1v) is 4.95. The first-order chi connectivity index (χ1) is 5.79. The predicted octanol–water partition coefficient (Wildman–Crippen LogP) is 2.16. The highest BCUT2D eigenvalue weighted by Gasteiger charge is 2.27. The van der Waals surface area contributed by atoms with Gasteiger partial charge in [-0.1, -0.05) is 13.3 Å². The van der Waals surface area contributed by atoms with Gasteiger partial charge in [0.1, 0.15) is 0 Å². The molecule has 0 amide bonds. The number of hydrogen-bond donors (Lipinski definition) is 0. The van der Waals surface area contributed by atoms with Gasteiger partial charge >= 0.3 is 0 Å². The Morgan fingerprint density at radius 2 is 2.42 bits per heavy atom. The van der Waals surface area contributed by atoms with Gasteiger partial charge in [0.15, 0.2) is 0 Å². The van der Waals surface area contributed by atoms with Crippen molar-refractivity contribution in [1.29, 1.82) is 5.26 Å². The normalized spacial score (nSPS) is 26.9. The van der Waals surface area contributed by atoms with Crippen LogP contribution in [0, 0.1) is 11.3 Å². The van der Waals surface area contributed by atoms with Gasteiger partial charge < -0.3 is 0 Å². The van der Waals surface area contributed by atoms with Crippen LogP contribution in [-0.2, 0) is 0 Å².